The minimum Gasteiger partial charge on any atom is -0.450 e. The summed E-state index contributed by atoms with van der Waals surface area (Å²) in [6.07, 6.45) is -1.83. The van der Waals surface area contributed by atoms with Gasteiger partial charge in [-0.25, -0.2) is 4.79 Å². The zero-order valence-corrected chi connectivity index (χ0v) is 3.98. The molecule has 0 aromatic rings. The van der Waals surface area contributed by atoms with Crippen LogP contribution in [-0.2, 0) is 0 Å². The Hall–Kier alpha value is -0.340. The van der Waals surface area contributed by atoms with Gasteiger partial charge in [-0.3, -0.25) is 0 Å². The van der Waals surface area contributed by atoms with Gasteiger partial charge < -0.3 is 15.1 Å². The van der Waals surface area contributed by atoms with Crippen LogP contribution >= 0.6 is 9.47 Å². The Kier molecular flexibility index (Phi) is 13.5. The van der Waals surface area contributed by atoms with Gasteiger partial charge in [0.25, 0.3) is 0 Å². The van der Waals surface area contributed by atoms with Crippen LogP contribution in [0, 0.1) is 0 Å². The van der Waals surface area contributed by atoms with E-state index in [2.05, 4.69) is 0 Å². The summed E-state index contributed by atoms with van der Waals surface area (Å²) >= 11 is 0. The third kappa shape index (κ3) is 224. The van der Waals surface area contributed by atoms with E-state index in [9.17, 15) is 0 Å². The fourth-order valence-electron chi connectivity index (χ4n) is 0. The Morgan fingerprint density at radius 2 is 1.33 bits per heavy atom. The van der Waals surface area contributed by atoms with E-state index in [0.29, 0.717) is 0 Å². The lowest BCUT2D eigenvalue weighted by Crippen LogP contribution is -1.81. The van der Waals surface area contributed by atoms with Crippen molar-refractivity contribution >= 4 is 15.6 Å². The first kappa shape index (κ1) is 9.18. The van der Waals surface area contributed by atoms with Crippen molar-refractivity contribution in [3.8, 4) is 0 Å². The second-order valence-electron chi connectivity index (χ2n) is 0.283. The maximum absolute atomic E-state index is 8.56. The van der Waals surface area contributed by atoms with Crippen LogP contribution in [0.15, 0.2) is 0 Å². The molecule has 3 N–H and O–H groups in total. The topological polar surface area (TPSA) is 77.8 Å². The van der Waals surface area contributed by atoms with Crippen LogP contribution in [0.25, 0.3) is 0 Å². The van der Waals surface area contributed by atoms with E-state index in [1.165, 1.54) is 9.47 Å². The molecule has 6 heavy (non-hydrogen) atoms. The van der Waals surface area contributed by atoms with E-state index in [1.807, 2.05) is 0 Å². The van der Waals surface area contributed by atoms with Crippen LogP contribution in [0.4, 0.5) is 4.79 Å². The second kappa shape index (κ2) is 8.82. The smallest absolute Gasteiger partial charge is 0.450 e. The highest BCUT2D eigenvalue weighted by molar-refractivity contribution is 7.08. The fourth-order valence-corrected chi connectivity index (χ4v) is 0. The first-order valence-corrected chi connectivity index (χ1v) is 1.43. The van der Waals surface area contributed by atoms with Gasteiger partial charge in [0.2, 0.25) is 0 Å². The van der Waals surface area contributed by atoms with Crippen molar-refractivity contribution in [1.29, 1.82) is 0 Å². The maximum atomic E-state index is 8.56. The van der Waals surface area contributed by atoms with Gasteiger partial charge in [0.1, 0.15) is 0 Å². The predicted octanol–water partition coefficient (Wildman–Crippen LogP) is -0.00880. The van der Waals surface area contributed by atoms with Crippen molar-refractivity contribution in [1.82, 2.24) is 0 Å². The summed E-state index contributed by atoms with van der Waals surface area (Å²) in [7, 11) is 1.42. The van der Waals surface area contributed by atoms with Gasteiger partial charge >= 0.3 is 6.16 Å². The lowest BCUT2D eigenvalue weighted by Gasteiger charge is -1.60. The van der Waals surface area contributed by atoms with Crippen molar-refractivity contribution in [3.63, 3.8) is 0 Å². The lowest BCUT2D eigenvalue weighted by atomic mass is 11.5. The molecular weight excluding hydrogens is 107 g/mol. The molecule has 0 fully saturated rings. The third-order valence-electron chi connectivity index (χ3n) is 0. The molecule has 1 atom stereocenters. The Labute approximate surface area is 36.7 Å². The standard InChI is InChI=1S/CH2O3.H3OP/c2-1(3)4;1-2/h(H2,2,3,4);1H,2H2. The molecule has 0 radical (unpaired) electrons. The summed E-state index contributed by atoms with van der Waals surface area (Å²) in [6.45, 7) is 0. The van der Waals surface area contributed by atoms with Crippen LogP contribution in [0.3, 0.4) is 0 Å². The molecule has 0 rings (SSSR count). The molecule has 0 amide bonds. The van der Waals surface area contributed by atoms with Gasteiger partial charge in [-0.2, -0.15) is 0 Å². The summed E-state index contributed by atoms with van der Waals surface area (Å²) in [4.78, 5) is 15.5. The first-order chi connectivity index (χ1) is 2.73. The summed E-state index contributed by atoms with van der Waals surface area (Å²) in [5, 5.41) is 13.9. The molecule has 5 heteroatoms. The average molecular weight is 112 g/mol. The van der Waals surface area contributed by atoms with Crippen molar-refractivity contribution < 1.29 is 19.9 Å². The molecule has 0 aromatic carbocycles. The van der Waals surface area contributed by atoms with Crippen molar-refractivity contribution in [2.45, 2.75) is 0 Å². The van der Waals surface area contributed by atoms with Crippen LogP contribution in [0.5, 0.6) is 0 Å². The van der Waals surface area contributed by atoms with Gasteiger partial charge in [-0.05, 0) is 9.47 Å². The molecule has 0 heterocycles. The van der Waals surface area contributed by atoms with Crippen molar-refractivity contribution in [3.05, 3.63) is 0 Å². The maximum Gasteiger partial charge on any atom is 0.503 e. The number of carbonyl (C=O) groups is 1. The largest absolute Gasteiger partial charge is 0.503 e. The zero-order chi connectivity index (χ0) is 5.58. The van der Waals surface area contributed by atoms with Crippen LogP contribution in [0.2, 0.25) is 0 Å². The molecule has 0 saturated heterocycles. The van der Waals surface area contributed by atoms with Gasteiger partial charge in [0.15, 0.2) is 0 Å². The first-order valence-electron chi connectivity index (χ1n) is 0.910. The quantitative estimate of drug-likeness (QED) is 0.385. The molecular formula is CH5O4P. The Balaban J connectivity index is 0. The van der Waals surface area contributed by atoms with E-state index >= 15 is 0 Å². The summed E-state index contributed by atoms with van der Waals surface area (Å²) in [6, 6.07) is 0. The highest BCUT2D eigenvalue weighted by Gasteiger charge is 1.70. The van der Waals surface area contributed by atoms with Gasteiger partial charge in [-0.15, -0.1) is 0 Å². The Morgan fingerprint density at radius 1 is 1.33 bits per heavy atom. The third-order valence-corrected chi connectivity index (χ3v) is 0. The zero-order valence-electron chi connectivity index (χ0n) is 2.83. The van der Waals surface area contributed by atoms with E-state index in [1.54, 1.807) is 0 Å². The minimum absolute atomic E-state index is 1.42. The van der Waals surface area contributed by atoms with Crippen molar-refractivity contribution in [2.75, 3.05) is 0 Å². The highest BCUT2D eigenvalue weighted by Crippen LogP contribution is 1.44. The Bertz CT molecular complexity index is 30.5. The van der Waals surface area contributed by atoms with Crippen LogP contribution < -0.4 is 0 Å². The van der Waals surface area contributed by atoms with Gasteiger partial charge in [-0.1, -0.05) is 0 Å². The van der Waals surface area contributed by atoms with Gasteiger partial charge in [0, 0.05) is 0 Å². The molecule has 0 saturated carbocycles. The molecule has 4 nitrogen and oxygen atoms in total. The van der Waals surface area contributed by atoms with E-state index < -0.39 is 6.16 Å². The number of carboxylic acid groups (broad SMARTS) is 2. The second-order valence-corrected chi connectivity index (χ2v) is 0.283. The van der Waals surface area contributed by atoms with Crippen LogP contribution in [0.1, 0.15) is 0 Å². The van der Waals surface area contributed by atoms with E-state index in [4.69, 9.17) is 19.9 Å². The molecule has 0 aromatic heterocycles. The van der Waals surface area contributed by atoms with E-state index in [0.717, 1.165) is 0 Å². The molecule has 0 aliphatic heterocycles. The monoisotopic (exact) mass is 112 g/mol. The molecule has 0 aliphatic rings. The Morgan fingerprint density at radius 3 is 1.33 bits per heavy atom. The SMILES string of the molecule is O=C(O)O.OP. The normalized spacial score (nSPS) is 5.00. The predicted molar refractivity (Wildman–Crippen MR) is 22.6 cm³/mol. The number of hydrogen-bond acceptors (Lipinski definition) is 2. The average Bonchev–Trinajstić information content (AvgIpc) is 1.41. The fraction of sp³-hybridized carbons (Fsp3) is 0. The minimum atomic E-state index is -1.83. The summed E-state index contributed by atoms with van der Waals surface area (Å²) < 4.78 is 0. The van der Waals surface area contributed by atoms with Crippen molar-refractivity contribution in [2.24, 2.45) is 0 Å². The van der Waals surface area contributed by atoms with Crippen LogP contribution in [-0.4, -0.2) is 21.3 Å². The molecule has 0 bridgehead atoms. The lowest BCUT2D eigenvalue weighted by molar-refractivity contribution is 0.137. The van der Waals surface area contributed by atoms with Gasteiger partial charge in [0.05, 0.1) is 0 Å². The molecule has 1 unspecified atom stereocenters. The highest BCUT2D eigenvalue weighted by atomic mass is 31.0. The molecule has 38 valence electrons. The molecule has 0 aliphatic carbocycles. The summed E-state index contributed by atoms with van der Waals surface area (Å²) in [5.74, 6) is 0. The summed E-state index contributed by atoms with van der Waals surface area (Å²) in [5.41, 5.74) is 0. The number of hydrogen-bond donors (Lipinski definition) is 3. The molecule has 0 spiro atoms. The van der Waals surface area contributed by atoms with E-state index in [-0.39, 0.29) is 0 Å². The number of rotatable bonds is 0.